The van der Waals surface area contributed by atoms with Gasteiger partial charge in [0.2, 0.25) is 5.89 Å². The lowest BCUT2D eigenvalue weighted by atomic mass is 10.0. The van der Waals surface area contributed by atoms with Gasteiger partial charge < -0.3 is 8.98 Å². The maximum Gasteiger partial charge on any atom is 0.227 e. The van der Waals surface area contributed by atoms with Crippen LogP contribution in [-0.4, -0.2) is 9.55 Å². The quantitative estimate of drug-likeness (QED) is 0.260. The highest BCUT2D eigenvalue weighted by atomic mass is 16.3. The number of rotatable bonds is 4. The van der Waals surface area contributed by atoms with Gasteiger partial charge in [-0.2, -0.15) is 0 Å². The van der Waals surface area contributed by atoms with Gasteiger partial charge in [-0.1, -0.05) is 73.7 Å². The Hall–Kier alpha value is -4.63. The maximum atomic E-state index is 6.32. The van der Waals surface area contributed by atoms with Crippen LogP contribution in [0.15, 0.2) is 120 Å². The number of nitrogens with zero attached hydrogens (tertiary/aromatic N) is 2. The summed E-state index contributed by atoms with van der Waals surface area (Å²) in [5.74, 6) is 0.652. The van der Waals surface area contributed by atoms with Gasteiger partial charge in [0.05, 0.1) is 11.0 Å². The van der Waals surface area contributed by atoms with Gasteiger partial charge in [-0.3, -0.25) is 0 Å². The summed E-state index contributed by atoms with van der Waals surface area (Å²) < 4.78 is 8.64. The molecule has 2 heterocycles. The zero-order chi connectivity index (χ0) is 24.1. The highest BCUT2D eigenvalue weighted by molar-refractivity contribution is 6.09. The van der Waals surface area contributed by atoms with Crippen molar-refractivity contribution in [3.8, 4) is 28.3 Å². The smallest absolute Gasteiger partial charge is 0.227 e. The van der Waals surface area contributed by atoms with Crippen molar-refractivity contribution in [2.75, 3.05) is 0 Å². The molecular formula is C33H24N2O. The fourth-order valence-corrected chi connectivity index (χ4v) is 5.24. The largest absolute Gasteiger partial charge is 0.436 e. The predicted molar refractivity (Wildman–Crippen MR) is 149 cm³/mol. The molecule has 3 nitrogen and oxygen atoms in total. The highest BCUT2D eigenvalue weighted by Gasteiger charge is 2.15. The molecule has 0 atom stereocenters. The number of aromatic nitrogens is 2. The van der Waals surface area contributed by atoms with Crippen LogP contribution in [0.5, 0.6) is 0 Å². The van der Waals surface area contributed by atoms with Crippen LogP contribution >= 0.6 is 0 Å². The number of hydrogen-bond donors (Lipinski definition) is 0. The van der Waals surface area contributed by atoms with E-state index in [1.807, 2.05) is 6.07 Å². The SMILES string of the molecule is CCc1cc(-c2ccccc2)cc2nc(-c3ccc(-n4c5ccccc5c5ccccc54)cc3)oc12. The van der Waals surface area contributed by atoms with Crippen LogP contribution in [0.25, 0.3) is 61.2 Å². The molecule has 0 saturated carbocycles. The number of aryl methyl sites for hydroxylation is 1. The monoisotopic (exact) mass is 464 g/mol. The fourth-order valence-electron chi connectivity index (χ4n) is 5.24. The van der Waals surface area contributed by atoms with Gasteiger partial charge in [-0.05, 0) is 71.6 Å². The normalized spacial score (nSPS) is 11.6. The van der Waals surface area contributed by atoms with E-state index in [0.717, 1.165) is 28.8 Å². The summed E-state index contributed by atoms with van der Waals surface area (Å²) in [7, 11) is 0. The second kappa shape index (κ2) is 8.24. The van der Waals surface area contributed by atoms with Crippen LogP contribution in [0.1, 0.15) is 12.5 Å². The van der Waals surface area contributed by atoms with Crippen molar-refractivity contribution in [1.29, 1.82) is 0 Å². The van der Waals surface area contributed by atoms with Gasteiger partial charge in [0.15, 0.2) is 5.58 Å². The summed E-state index contributed by atoms with van der Waals surface area (Å²) in [5, 5.41) is 2.52. The first kappa shape index (κ1) is 20.7. The topological polar surface area (TPSA) is 31.0 Å². The van der Waals surface area contributed by atoms with Crippen molar-refractivity contribution in [2.24, 2.45) is 0 Å². The average Bonchev–Trinajstić information content (AvgIpc) is 3.53. The zero-order valence-electron chi connectivity index (χ0n) is 20.0. The van der Waals surface area contributed by atoms with Crippen molar-refractivity contribution >= 4 is 32.9 Å². The molecule has 0 N–H and O–H groups in total. The van der Waals surface area contributed by atoms with Gasteiger partial charge >= 0.3 is 0 Å². The Bertz CT molecular complexity index is 1800. The second-order valence-electron chi connectivity index (χ2n) is 9.14. The van der Waals surface area contributed by atoms with Crippen LogP contribution in [-0.2, 0) is 6.42 Å². The van der Waals surface area contributed by atoms with E-state index >= 15 is 0 Å². The maximum absolute atomic E-state index is 6.32. The Morgan fingerprint density at radius 2 is 1.28 bits per heavy atom. The summed E-state index contributed by atoms with van der Waals surface area (Å²) in [6.45, 7) is 2.16. The van der Waals surface area contributed by atoms with E-state index in [9.17, 15) is 0 Å². The first-order valence-electron chi connectivity index (χ1n) is 12.4. The molecule has 172 valence electrons. The Labute approximate surface area is 209 Å². The summed E-state index contributed by atoms with van der Waals surface area (Å²) in [6.07, 6.45) is 0.887. The molecular weight excluding hydrogens is 440 g/mol. The van der Waals surface area contributed by atoms with Gasteiger partial charge in [-0.25, -0.2) is 4.98 Å². The molecule has 2 aromatic heterocycles. The third-order valence-electron chi connectivity index (χ3n) is 7.01. The number of benzene rings is 5. The van der Waals surface area contributed by atoms with Crippen LogP contribution in [0.2, 0.25) is 0 Å². The second-order valence-corrected chi connectivity index (χ2v) is 9.14. The van der Waals surface area contributed by atoms with E-state index in [2.05, 4.69) is 121 Å². The van der Waals surface area contributed by atoms with Gasteiger partial charge in [0, 0.05) is 22.0 Å². The van der Waals surface area contributed by atoms with Crippen LogP contribution in [0.4, 0.5) is 0 Å². The average molecular weight is 465 g/mol. The summed E-state index contributed by atoms with van der Waals surface area (Å²) >= 11 is 0. The predicted octanol–water partition coefficient (Wildman–Crippen LogP) is 8.82. The number of hydrogen-bond acceptors (Lipinski definition) is 2. The molecule has 0 aliphatic heterocycles. The Morgan fingerprint density at radius 3 is 1.94 bits per heavy atom. The molecule has 0 aliphatic carbocycles. The Morgan fingerprint density at radius 1 is 0.639 bits per heavy atom. The standard InChI is InChI=1S/C33H24N2O/c1-2-22-20-25(23-10-4-3-5-11-23)21-29-32(22)36-33(34-29)24-16-18-26(19-17-24)35-30-14-8-6-12-27(30)28-13-7-9-15-31(28)35/h3-21H,2H2,1H3. The third-order valence-corrected chi connectivity index (χ3v) is 7.01. The molecule has 0 amide bonds. The molecule has 36 heavy (non-hydrogen) atoms. The minimum Gasteiger partial charge on any atom is -0.436 e. The molecule has 0 radical (unpaired) electrons. The molecule has 7 rings (SSSR count). The molecule has 0 bridgehead atoms. The Balaban J connectivity index is 1.33. The van der Waals surface area contributed by atoms with Crippen molar-refractivity contribution in [3.63, 3.8) is 0 Å². The summed E-state index contributed by atoms with van der Waals surface area (Å²) in [4.78, 5) is 4.90. The van der Waals surface area contributed by atoms with Gasteiger partial charge in [-0.15, -0.1) is 0 Å². The van der Waals surface area contributed by atoms with Gasteiger partial charge in [0.1, 0.15) is 5.52 Å². The molecule has 0 saturated heterocycles. The van der Waals surface area contributed by atoms with E-state index < -0.39 is 0 Å². The lowest BCUT2D eigenvalue weighted by molar-refractivity contribution is 0.615. The molecule has 0 unspecified atom stereocenters. The van der Waals surface area contributed by atoms with Crippen LogP contribution in [0.3, 0.4) is 0 Å². The first-order chi connectivity index (χ1) is 17.8. The van der Waals surface area contributed by atoms with Crippen molar-refractivity contribution < 1.29 is 4.42 Å². The minimum atomic E-state index is 0.652. The van der Waals surface area contributed by atoms with Crippen LogP contribution < -0.4 is 0 Å². The lowest BCUT2D eigenvalue weighted by Crippen LogP contribution is -1.93. The lowest BCUT2D eigenvalue weighted by Gasteiger charge is -2.08. The van der Waals surface area contributed by atoms with E-state index in [-0.39, 0.29) is 0 Å². The Kier molecular flexibility index (Phi) is 4.74. The summed E-state index contributed by atoms with van der Waals surface area (Å²) in [5.41, 5.74) is 9.80. The molecule has 0 fully saturated rings. The fraction of sp³-hybridized carbons (Fsp3) is 0.0606. The molecule has 0 spiro atoms. The van der Waals surface area contributed by atoms with E-state index in [0.29, 0.717) is 5.89 Å². The van der Waals surface area contributed by atoms with Crippen molar-refractivity contribution in [2.45, 2.75) is 13.3 Å². The molecule has 0 aliphatic rings. The van der Waals surface area contributed by atoms with Crippen molar-refractivity contribution in [3.05, 3.63) is 121 Å². The molecule has 7 aromatic rings. The van der Waals surface area contributed by atoms with E-state index in [1.165, 1.54) is 38.5 Å². The number of para-hydroxylation sites is 2. The van der Waals surface area contributed by atoms with Gasteiger partial charge in [0.25, 0.3) is 0 Å². The van der Waals surface area contributed by atoms with E-state index in [4.69, 9.17) is 9.40 Å². The minimum absolute atomic E-state index is 0.652. The summed E-state index contributed by atoms with van der Waals surface area (Å²) in [6, 6.07) is 40.4. The zero-order valence-corrected chi connectivity index (χ0v) is 20.0. The first-order valence-corrected chi connectivity index (χ1v) is 12.4. The number of fused-ring (bicyclic) bond motifs is 4. The van der Waals surface area contributed by atoms with Crippen LogP contribution in [0, 0.1) is 0 Å². The molecule has 3 heteroatoms. The van der Waals surface area contributed by atoms with Crippen molar-refractivity contribution in [1.82, 2.24) is 9.55 Å². The molecule has 5 aromatic carbocycles. The van der Waals surface area contributed by atoms with E-state index in [1.54, 1.807) is 0 Å². The third kappa shape index (κ3) is 3.24. The number of oxazole rings is 1. The highest BCUT2D eigenvalue weighted by Crippen LogP contribution is 2.34.